The summed E-state index contributed by atoms with van der Waals surface area (Å²) in [5, 5.41) is 2.89. The van der Waals surface area contributed by atoms with Crippen LogP contribution >= 0.6 is 0 Å². The third kappa shape index (κ3) is 1.54. The molecule has 56 valence electrons. The van der Waals surface area contributed by atoms with Crippen LogP contribution in [0.15, 0.2) is 0 Å². The molecule has 4 nitrogen and oxygen atoms in total. The predicted molar refractivity (Wildman–Crippen MR) is 35.2 cm³/mol. The topological polar surface area (TPSA) is 72.2 Å². The fraction of sp³-hybridized carbons (Fsp3) is 0.667. The zero-order valence-electron chi connectivity index (χ0n) is 5.59. The van der Waals surface area contributed by atoms with Crippen LogP contribution in [-0.2, 0) is 9.59 Å². The van der Waals surface area contributed by atoms with Gasteiger partial charge in [-0.15, -0.1) is 0 Å². The molecule has 4 heteroatoms. The highest BCUT2D eigenvalue weighted by Crippen LogP contribution is 2.03. The smallest absolute Gasteiger partial charge is 0.219 e. The molecule has 1 heterocycles. The number of amides is 1. The lowest BCUT2D eigenvalue weighted by Crippen LogP contribution is -2.32. The molecule has 0 aromatic heterocycles. The zero-order chi connectivity index (χ0) is 7.56. The average Bonchev–Trinajstić information content (AvgIpc) is 2.15. The Balaban J connectivity index is 2.40. The van der Waals surface area contributed by atoms with E-state index in [4.69, 9.17) is 5.73 Å². The maximum atomic E-state index is 10.8. The summed E-state index contributed by atoms with van der Waals surface area (Å²) < 4.78 is 0. The SMILES string of the molecule is NC(=O)C[C@@H]1NCCC1=O. The summed E-state index contributed by atoms with van der Waals surface area (Å²) in [6.07, 6.45) is 0.663. The van der Waals surface area contributed by atoms with Gasteiger partial charge in [-0.2, -0.15) is 0 Å². The summed E-state index contributed by atoms with van der Waals surface area (Å²) in [6.45, 7) is 0.677. The quantitative estimate of drug-likeness (QED) is 0.508. The molecule has 1 atom stereocenters. The van der Waals surface area contributed by atoms with Crippen LogP contribution in [0.5, 0.6) is 0 Å². The Hall–Kier alpha value is -0.900. The van der Waals surface area contributed by atoms with Crippen molar-refractivity contribution in [1.29, 1.82) is 0 Å². The molecule has 1 rings (SSSR count). The Morgan fingerprint density at radius 2 is 2.50 bits per heavy atom. The van der Waals surface area contributed by atoms with Gasteiger partial charge in [-0.25, -0.2) is 0 Å². The van der Waals surface area contributed by atoms with Crippen molar-refractivity contribution in [2.24, 2.45) is 5.73 Å². The average molecular weight is 142 g/mol. The monoisotopic (exact) mass is 142 g/mol. The van der Waals surface area contributed by atoms with Crippen LogP contribution in [0.1, 0.15) is 12.8 Å². The van der Waals surface area contributed by atoms with Gasteiger partial charge >= 0.3 is 0 Å². The van der Waals surface area contributed by atoms with Crippen molar-refractivity contribution in [3.8, 4) is 0 Å². The second-order valence-electron chi connectivity index (χ2n) is 2.39. The summed E-state index contributed by atoms with van der Waals surface area (Å²) in [7, 11) is 0. The van der Waals surface area contributed by atoms with Crippen molar-refractivity contribution >= 4 is 11.7 Å². The summed E-state index contributed by atoms with van der Waals surface area (Å²) in [5.74, 6) is -0.327. The van der Waals surface area contributed by atoms with E-state index in [-0.39, 0.29) is 18.2 Å². The van der Waals surface area contributed by atoms with E-state index in [9.17, 15) is 9.59 Å². The van der Waals surface area contributed by atoms with E-state index in [2.05, 4.69) is 5.32 Å². The molecular weight excluding hydrogens is 132 g/mol. The first-order valence-electron chi connectivity index (χ1n) is 3.24. The molecule has 1 aliphatic rings. The number of carbonyl (C=O) groups excluding carboxylic acids is 2. The molecule has 0 aromatic rings. The van der Waals surface area contributed by atoms with Crippen molar-refractivity contribution in [3.63, 3.8) is 0 Å². The van der Waals surface area contributed by atoms with E-state index in [1.165, 1.54) is 0 Å². The number of Topliss-reactive ketones (excluding diaryl/α,β-unsaturated/α-hetero) is 1. The number of carbonyl (C=O) groups is 2. The Kier molecular flexibility index (Phi) is 2.01. The lowest BCUT2D eigenvalue weighted by atomic mass is 10.1. The van der Waals surface area contributed by atoms with Crippen LogP contribution in [0, 0.1) is 0 Å². The van der Waals surface area contributed by atoms with Gasteiger partial charge in [0.05, 0.1) is 6.04 Å². The fourth-order valence-electron chi connectivity index (χ4n) is 1.04. The molecule has 0 bridgehead atoms. The summed E-state index contributed by atoms with van der Waals surface area (Å²) in [4.78, 5) is 21.2. The van der Waals surface area contributed by atoms with Gasteiger partial charge in [0.25, 0.3) is 0 Å². The minimum atomic E-state index is -0.423. The Labute approximate surface area is 58.8 Å². The highest BCUT2D eigenvalue weighted by molar-refractivity contribution is 5.90. The molecule has 0 saturated carbocycles. The first-order valence-corrected chi connectivity index (χ1v) is 3.24. The molecule has 10 heavy (non-hydrogen) atoms. The van der Waals surface area contributed by atoms with Crippen LogP contribution in [-0.4, -0.2) is 24.3 Å². The minimum absolute atomic E-state index is 0.0961. The lowest BCUT2D eigenvalue weighted by molar-refractivity contribution is -0.123. The van der Waals surface area contributed by atoms with Gasteiger partial charge in [0.1, 0.15) is 0 Å². The van der Waals surface area contributed by atoms with Crippen molar-refractivity contribution in [2.75, 3.05) is 6.54 Å². The maximum absolute atomic E-state index is 10.8. The number of rotatable bonds is 2. The predicted octanol–water partition coefficient (Wildman–Crippen LogP) is -1.21. The second-order valence-corrected chi connectivity index (χ2v) is 2.39. The molecule has 0 aromatic carbocycles. The maximum Gasteiger partial charge on any atom is 0.219 e. The number of nitrogens with one attached hydrogen (secondary N) is 1. The first-order chi connectivity index (χ1) is 4.70. The third-order valence-corrected chi connectivity index (χ3v) is 1.56. The molecule has 0 aliphatic carbocycles. The number of hydrogen-bond acceptors (Lipinski definition) is 3. The van der Waals surface area contributed by atoms with Gasteiger partial charge < -0.3 is 11.1 Å². The molecule has 1 fully saturated rings. The standard InChI is InChI=1S/C6H10N2O2/c7-6(10)3-4-5(9)1-2-8-4/h4,8H,1-3H2,(H2,7,10)/t4-/m0/s1. The van der Waals surface area contributed by atoms with E-state index in [0.717, 1.165) is 0 Å². The Morgan fingerprint density at radius 1 is 1.80 bits per heavy atom. The van der Waals surface area contributed by atoms with E-state index >= 15 is 0 Å². The lowest BCUT2D eigenvalue weighted by Gasteiger charge is -2.03. The molecular formula is C6H10N2O2. The van der Waals surface area contributed by atoms with Crippen molar-refractivity contribution in [2.45, 2.75) is 18.9 Å². The molecule has 0 unspecified atom stereocenters. The minimum Gasteiger partial charge on any atom is -0.370 e. The summed E-state index contributed by atoms with van der Waals surface area (Å²) in [5.41, 5.74) is 4.90. The van der Waals surface area contributed by atoms with Crippen LogP contribution < -0.4 is 11.1 Å². The van der Waals surface area contributed by atoms with Gasteiger partial charge in [-0.1, -0.05) is 0 Å². The van der Waals surface area contributed by atoms with Crippen LogP contribution in [0.4, 0.5) is 0 Å². The van der Waals surface area contributed by atoms with Gasteiger partial charge in [-0.3, -0.25) is 9.59 Å². The fourth-order valence-corrected chi connectivity index (χ4v) is 1.04. The van der Waals surface area contributed by atoms with Crippen molar-refractivity contribution in [1.82, 2.24) is 5.32 Å². The summed E-state index contributed by atoms with van der Waals surface area (Å²) >= 11 is 0. The molecule has 0 radical (unpaired) electrons. The number of ketones is 1. The van der Waals surface area contributed by atoms with Gasteiger partial charge in [0.15, 0.2) is 5.78 Å². The zero-order valence-corrected chi connectivity index (χ0v) is 5.59. The van der Waals surface area contributed by atoms with E-state index in [1.807, 2.05) is 0 Å². The summed E-state index contributed by atoms with van der Waals surface area (Å²) in [6, 6.07) is -0.308. The van der Waals surface area contributed by atoms with Gasteiger partial charge in [-0.05, 0) is 0 Å². The Morgan fingerprint density at radius 3 is 2.90 bits per heavy atom. The van der Waals surface area contributed by atoms with Gasteiger partial charge in [0, 0.05) is 19.4 Å². The van der Waals surface area contributed by atoms with E-state index < -0.39 is 5.91 Å². The van der Waals surface area contributed by atoms with E-state index in [0.29, 0.717) is 13.0 Å². The normalized spacial score (nSPS) is 25.2. The molecule has 1 aliphatic heterocycles. The van der Waals surface area contributed by atoms with Crippen molar-refractivity contribution in [3.05, 3.63) is 0 Å². The van der Waals surface area contributed by atoms with Crippen molar-refractivity contribution < 1.29 is 9.59 Å². The number of nitrogens with two attached hydrogens (primary N) is 1. The second kappa shape index (κ2) is 2.79. The Bertz CT molecular complexity index is 167. The highest BCUT2D eigenvalue weighted by Gasteiger charge is 2.24. The largest absolute Gasteiger partial charge is 0.370 e. The number of hydrogen-bond donors (Lipinski definition) is 2. The molecule has 1 amide bonds. The highest BCUT2D eigenvalue weighted by atomic mass is 16.1. The number of primary amides is 1. The third-order valence-electron chi connectivity index (χ3n) is 1.56. The van der Waals surface area contributed by atoms with Crippen LogP contribution in [0.25, 0.3) is 0 Å². The molecule has 3 N–H and O–H groups in total. The van der Waals surface area contributed by atoms with Gasteiger partial charge in [0.2, 0.25) is 5.91 Å². The van der Waals surface area contributed by atoms with Crippen LogP contribution in [0.2, 0.25) is 0 Å². The molecule has 1 saturated heterocycles. The van der Waals surface area contributed by atoms with Crippen LogP contribution in [0.3, 0.4) is 0 Å². The van der Waals surface area contributed by atoms with E-state index in [1.54, 1.807) is 0 Å². The first kappa shape index (κ1) is 7.21. The molecule has 0 spiro atoms.